The summed E-state index contributed by atoms with van der Waals surface area (Å²) in [5.74, 6) is 0.104. The molecule has 2 aromatic carbocycles. The van der Waals surface area contributed by atoms with Gasteiger partial charge in [0.25, 0.3) is 5.91 Å². The van der Waals surface area contributed by atoms with Crippen molar-refractivity contribution in [1.82, 2.24) is 4.72 Å². The van der Waals surface area contributed by atoms with Crippen LogP contribution >= 0.6 is 0 Å². The van der Waals surface area contributed by atoms with E-state index in [2.05, 4.69) is 10.0 Å². The molecule has 2 N–H and O–H groups in total. The highest BCUT2D eigenvalue weighted by molar-refractivity contribution is 7.89. The van der Waals surface area contributed by atoms with Crippen molar-refractivity contribution in [3.05, 3.63) is 54.1 Å². The molecule has 0 heterocycles. The second-order valence-electron chi connectivity index (χ2n) is 4.39. The molecule has 7 heteroatoms. The Morgan fingerprint density at radius 1 is 1.09 bits per heavy atom. The summed E-state index contributed by atoms with van der Waals surface area (Å²) in [6.07, 6.45) is 0. The van der Waals surface area contributed by atoms with Crippen LogP contribution in [0.25, 0.3) is 0 Å². The van der Waals surface area contributed by atoms with Crippen molar-refractivity contribution in [1.29, 1.82) is 0 Å². The maximum absolute atomic E-state index is 12.3. The van der Waals surface area contributed by atoms with Crippen LogP contribution in [0.1, 0.15) is 10.4 Å². The Labute approximate surface area is 129 Å². The highest BCUT2D eigenvalue weighted by atomic mass is 32.2. The average Bonchev–Trinajstić information content (AvgIpc) is 2.55. The molecule has 22 heavy (non-hydrogen) atoms. The maximum atomic E-state index is 12.3. The van der Waals surface area contributed by atoms with Gasteiger partial charge in [0, 0.05) is 5.56 Å². The molecule has 2 rings (SSSR count). The largest absolute Gasteiger partial charge is 0.495 e. The number of nitrogens with one attached hydrogen (secondary N) is 2. The number of rotatable bonds is 5. The zero-order chi connectivity index (χ0) is 16.2. The van der Waals surface area contributed by atoms with Gasteiger partial charge in [0.2, 0.25) is 10.0 Å². The molecule has 0 fully saturated rings. The van der Waals surface area contributed by atoms with Crippen LogP contribution in [-0.2, 0) is 10.0 Å². The zero-order valence-electron chi connectivity index (χ0n) is 12.2. The van der Waals surface area contributed by atoms with Crippen LogP contribution in [0.2, 0.25) is 0 Å². The van der Waals surface area contributed by atoms with E-state index in [4.69, 9.17) is 4.74 Å². The van der Waals surface area contributed by atoms with Gasteiger partial charge in [-0.3, -0.25) is 4.79 Å². The van der Waals surface area contributed by atoms with Crippen molar-refractivity contribution < 1.29 is 17.9 Å². The number of sulfonamides is 1. The van der Waals surface area contributed by atoms with Crippen molar-refractivity contribution in [2.45, 2.75) is 4.90 Å². The van der Waals surface area contributed by atoms with E-state index in [1.807, 2.05) is 0 Å². The molecule has 0 aromatic heterocycles. The molecule has 0 saturated heterocycles. The number of methoxy groups -OCH3 is 1. The molecule has 2 aromatic rings. The van der Waals surface area contributed by atoms with Gasteiger partial charge in [-0.15, -0.1) is 0 Å². The summed E-state index contributed by atoms with van der Waals surface area (Å²) < 4.78 is 30.9. The first kappa shape index (κ1) is 16.0. The van der Waals surface area contributed by atoms with Gasteiger partial charge in [-0.25, -0.2) is 13.1 Å². The second-order valence-corrected chi connectivity index (χ2v) is 6.28. The lowest BCUT2D eigenvalue weighted by atomic mass is 10.2. The Morgan fingerprint density at radius 3 is 2.50 bits per heavy atom. The maximum Gasteiger partial charge on any atom is 0.255 e. The molecular weight excluding hydrogens is 304 g/mol. The van der Waals surface area contributed by atoms with Crippen LogP contribution in [0.5, 0.6) is 5.75 Å². The number of anilines is 1. The molecule has 0 aliphatic heterocycles. The van der Waals surface area contributed by atoms with Gasteiger partial charge in [0.1, 0.15) is 5.75 Å². The molecule has 1 amide bonds. The fourth-order valence-corrected chi connectivity index (χ4v) is 2.64. The zero-order valence-corrected chi connectivity index (χ0v) is 13.0. The normalized spacial score (nSPS) is 11.0. The van der Waals surface area contributed by atoms with E-state index in [9.17, 15) is 13.2 Å². The molecule has 0 saturated carbocycles. The Morgan fingerprint density at radius 2 is 1.82 bits per heavy atom. The highest BCUT2D eigenvalue weighted by Gasteiger charge is 2.15. The van der Waals surface area contributed by atoms with Gasteiger partial charge in [-0.2, -0.15) is 0 Å². The molecule has 0 atom stereocenters. The number of hydrogen-bond acceptors (Lipinski definition) is 4. The summed E-state index contributed by atoms with van der Waals surface area (Å²) in [4.78, 5) is 12.3. The van der Waals surface area contributed by atoms with Crippen LogP contribution in [0.3, 0.4) is 0 Å². The lowest BCUT2D eigenvalue weighted by Gasteiger charge is -2.10. The van der Waals surface area contributed by atoms with E-state index in [1.165, 1.54) is 32.4 Å². The van der Waals surface area contributed by atoms with E-state index >= 15 is 0 Å². The summed E-state index contributed by atoms with van der Waals surface area (Å²) >= 11 is 0. The van der Waals surface area contributed by atoms with Crippen molar-refractivity contribution >= 4 is 21.6 Å². The van der Waals surface area contributed by atoms with Crippen molar-refractivity contribution in [3.8, 4) is 5.75 Å². The van der Waals surface area contributed by atoms with E-state index in [0.717, 1.165) is 0 Å². The minimum atomic E-state index is -3.59. The SMILES string of the molecule is CNS(=O)(=O)c1cccc(C(=O)Nc2ccccc2OC)c1. The molecule has 0 unspecified atom stereocenters. The number of carbonyl (C=O) groups excluding carboxylic acids is 1. The number of carbonyl (C=O) groups is 1. The Hall–Kier alpha value is -2.38. The lowest BCUT2D eigenvalue weighted by Crippen LogP contribution is -2.19. The Balaban J connectivity index is 2.29. The molecule has 0 spiro atoms. The fourth-order valence-electron chi connectivity index (χ4n) is 1.86. The van der Waals surface area contributed by atoms with Gasteiger partial charge >= 0.3 is 0 Å². The van der Waals surface area contributed by atoms with Crippen LogP contribution < -0.4 is 14.8 Å². The van der Waals surface area contributed by atoms with E-state index in [0.29, 0.717) is 11.4 Å². The minimum absolute atomic E-state index is 0.0303. The minimum Gasteiger partial charge on any atom is -0.495 e. The molecule has 6 nitrogen and oxygen atoms in total. The van der Waals surface area contributed by atoms with Gasteiger partial charge in [-0.1, -0.05) is 18.2 Å². The monoisotopic (exact) mass is 320 g/mol. The van der Waals surface area contributed by atoms with E-state index in [-0.39, 0.29) is 10.5 Å². The van der Waals surface area contributed by atoms with Crippen LogP contribution in [0, 0.1) is 0 Å². The van der Waals surface area contributed by atoms with E-state index in [1.54, 1.807) is 30.3 Å². The predicted octanol–water partition coefficient (Wildman–Crippen LogP) is 1.86. The lowest BCUT2D eigenvalue weighted by molar-refractivity contribution is 0.102. The number of amides is 1. The standard InChI is InChI=1S/C15H16N2O4S/c1-16-22(19,20)12-7-5-6-11(10-12)15(18)17-13-8-3-4-9-14(13)21-2/h3-10,16H,1-2H3,(H,17,18). The third-order valence-electron chi connectivity index (χ3n) is 3.03. The number of ether oxygens (including phenoxy) is 1. The molecule has 116 valence electrons. The third-order valence-corrected chi connectivity index (χ3v) is 4.44. The van der Waals surface area contributed by atoms with Crippen LogP contribution in [0.4, 0.5) is 5.69 Å². The summed E-state index contributed by atoms with van der Waals surface area (Å²) in [6, 6.07) is 12.8. The first-order chi connectivity index (χ1) is 10.5. The van der Waals surface area contributed by atoms with Crippen LogP contribution in [0.15, 0.2) is 53.4 Å². The predicted molar refractivity (Wildman–Crippen MR) is 83.6 cm³/mol. The topological polar surface area (TPSA) is 84.5 Å². The second kappa shape index (κ2) is 6.59. The van der Waals surface area contributed by atoms with Crippen LogP contribution in [-0.4, -0.2) is 28.5 Å². The first-order valence-electron chi connectivity index (χ1n) is 6.46. The van der Waals surface area contributed by atoms with Gasteiger partial charge in [-0.05, 0) is 37.4 Å². The third kappa shape index (κ3) is 3.44. The molecule has 0 aliphatic carbocycles. The quantitative estimate of drug-likeness (QED) is 0.880. The van der Waals surface area contributed by atoms with Gasteiger partial charge in [0.05, 0.1) is 17.7 Å². The molecule has 0 radical (unpaired) electrons. The average molecular weight is 320 g/mol. The van der Waals surface area contributed by atoms with Crippen molar-refractivity contribution in [3.63, 3.8) is 0 Å². The summed E-state index contributed by atoms with van der Waals surface area (Å²) in [6.45, 7) is 0. The first-order valence-corrected chi connectivity index (χ1v) is 7.94. The summed E-state index contributed by atoms with van der Waals surface area (Å²) in [5, 5.41) is 2.70. The molecule has 0 aliphatic rings. The Bertz CT molecular complexity index is 788. The van der Waals surface area contributed by atoms with Gasteiger partial charge < -0.3 is 10.1 Å². The number of hydrogen-bond donors (Lipinski definition) is 2. The molecular formula is C15H16N2O4S. The number of para-hydroxylation sites is 2. The summed E-state index contributed by atoms with van der Waals surface area (Å²) in [7, 11) is -0.773. The number of benzene rings is 2. The van der Waals surface area contributed by atoms with Gasteiger partial charge in [0.15, 0.2) is 0 Å². The van der Waals surface area contributed by atoms with Crippen molar-refractivity contribution in [2.75, 3.05) is 19.5 Å². The smallest absolute Gasteiger partial charge is 0.255 e. The highest BCUT2D eigenvalue weighted by Crippen LogP contribution is 2.24. The fraction of sp³-hybridized carbons (Fsp3) is 0.133. The summed E-state index contributed by atoms with van der Waals surface area (Å²) in [5.41, 5.74) is 0.749. The van der Waals surface area contributed by atoms with E-state index < -0.39 is 15.9 Å². The Kier molecular flexibility index (Phi) is 4.79. The molecule has 0 bridgehead atoms. The van der Waals surface area contributed by atoms with Crippen molar-refractivity contribution in [2.24, 2.45) is 0 Å².